The van der Waals surface area contributed by atoms with Gasteiger partial charge in [0.25, 0.3) is 0 Å². The molecular weight excluding hydrogens is 196 g/mol. The van der Waals surface area contributed by atoms with E-state index in [1.165, 1.54) is 19.3 Å². The predicted octanol–water partition coefficient (Wildman–Crippen LogP) is 0.640. The van der Waals surface area contributed by atoms with E-state index in [-0.39, 0.29) is 12.8 Å². The van der Waals surface area contributed by atoms with Crippen molar-refractivity contribution < 1.29 is 19.4 Å². The van der Waals surface area contributed by atoms with Gasteiger partial charge in [0.05, 0.1) is 13.0 Å². The van der Waals surface area contributed by atoms with Gasteiger partial charge in [-0.05, 0) is 25.2 Å². The Kier molecular flexibility index (Phi) is 5.15. The Morgan fingerprint density at radius 2 is 1.80 bits per heavy atom. The van der Waals surface area contributed by atoms with Crippen molar-refractivity contribution in [2.24, 2.45) is 5.92 Å². The highest BCUT2D eigenvalue weighted by Gasteiger charge is 2.15. The van der Waals surface area contributed by atoms with Gasteiger partial charge in [-0.1, -0.05) is 19.3 Å². The van der Waals surface area contributed by atoms with E-state index < -0.39 is 11.9 Å². The quantitative estimate of drug-likeness (QED) is 0.628. The molecule has 0 aromatic rings. The molecule has 1 rings (SSSR count). The standard InChI is InChI=1S/C11H18O4/c12-10(13)6-7-11(14)15-8-9-4-2-1-3-5-9/h9H,1-8H2,(H,12,13)/p-1. The molecule has 0 amide bonds. The maximum atomic E-state index is 11.1. The first-order valence-electron chi connectivity index (χ1n) is 5.54. The van der Waals surface area contributed by atoms with Gasteiger partial charge in [0.15, 0.2) is 0 Å². The molecule has 1 aliphatic rings. The number of carboxylic acids is 1. The SMILES string of the molecule is O=C([O-])CCC(=O)OCC1CCCCC1. The van der Waals surface area contributed by atoms with Crippen LogP contribution in [0.25, 0.3) is 0 Å². The van der Waals surface area contributed by atoms with Crippen LogP contribution in [0.2, 0.25) is 0 Å². The molecule has 86 valence electrons. The van der Waals surface area contributed by atoms with Crippen LogP contribution in [-0.4, -0.2) is 18.5 Å². The maximum absolute atomic E-state index is 11.1. The zero-order chi connectivity index (χ0) is 11.1. The van der Waals surface area contributed by atoms with Crippen molar-refractivity contribution in [1.82, 2.24) is 0 Å². The van der Waals surface area contributed by atoms with E-state index in [4.69, 9.17) is 4.74 Å². The van der Waals surface area contributed by atoms with Gasteiger partial charge in [0, 0.05) is 5.97 Å². The van der Waals surface area contributed by atoms with Crippen LogP contribution in [0.15, 0.2) is 0 Å². The number of rotatable bonds is 5. The second-order valence-corrected chi connectivity index (χ2v) is 4.06. The Labute approximate surface area is 89.6 Å². The Balaban J connectivity index is 2.07. The Hall–Kier alpha value is -1.06. The summed E-state index contributed by atoms with van der Waals surface area (Å²) in [4.78, 5) is 21.2. The van der Waals surface area contributed by atoms with Crippen molar-refractivity contribution in [2.45, 2.75) is 44.9 Å². The topological polar surface area (TPSA) is 66.4 Å². The molecule has 0 aromatic carbocycles. The average Bonchev–Trinajstić information content (AvgIpc) is 2.25. The second-order valence-electron chi connectivity index (χ2n) is 4.06. The van der Waals surface area contributed by atoms with E-state index in [0.717, 1.165) is 12.8 Å². The third-order valence-corrected chi connectivity index (χ3v) is 2.74. The fourth-order valence-corrected chi connectivity index (χ4v) is 1.84. The molecule has 15 heavy (non-hydrogen) atoms. The highest BCUT2D eigenvalue weighted by atomic mass is 16.5. The molecule has 0 radical (unpaired) electrons. The monoisotopic (exact) mass is 213 g/mol. The van der Waals surface area contributed by atoms with Crippen molar-refractivity contribution in [3.8, 4) is 0 Å². The summed E-state index contributed by atoms with van der Waals surface area (Å²) in [5.41, 5.74) is 0. The molecule has 0 spiro atoms. The first-order valence-corrected chi connectivity index (χ1v) is 5.54. The summed E-state index contributed by atoms with van der Waals surface area (Å²) in [5, 5.41) is 10.1. The molecular formula is C11H17O4-. The predicted molar refractivity (Wildman–Crippen MR) is 51.8 cm³/mol. The molecule has 4 heteroatoms. The van der Waals surface area contributed by atoms with Crippen LogP contribution in [0.1, 0.15) is 44.9 Å². The first kappa shape index (κ1) is 12.0. The second kappa shape index (κ2) is 6.43. The number of carboxylic acid groups (broad SMARTS) is 1. The van der Waals surface area contributed by atoms with Crippen LogP contribution in [0.5, 0.6) is 0 Å². The van der Waals surface area contributed by atoms with Crippen LogP contribution in [-0.2, 0) is 14.3 Å². The molecule has 0 saturated heterocycles. The normalized spacial score (nSPS) is 17.3. The summed E-state index contributed by atoms with van der Waals surface area (Å²) in [6.07, 6.45) is 5.61. The number of hydrogen-bond acceptors (Lipinski definition) is 4. The van der Waals surface area contributed by atoms with Crippen molar-refractivity contribution >= 4 is 11.9 Å². The van der Waals surface area contributed by atoms with Gasteiger partial charge in [-0.15, -0.1) is 0 Å². The van der Waals surface area contributed by atoms with E-state index in [1.807, 2.05) is 0 Å². The zero-order valence-corrected chi connectivity index (χ0v) is 8.87. The number of carbonyl (C=O) groups excluding carboxylic acids is 2. The smallest absolute Gasteiger partial charge is 0.306 e. The van der Waals surface area contributed by atoms with E-state index in [2.05, 4.69) is 0 Å². The lowest BCUT2D eigenvalue weighted by molar-refractivity contribution is -0.305. The van der Waals surface area contributed by atoms with E-state index in [1.54, 1.807) is 0 Å². The van der Waals surface area contributed by atoms with Gasteiger partial charge >= 0.3 is 5.97 Å². The lowest BCUT2D eigenvalue weighted by Gasteiger charge is -2.21. The maximum Gasteiger partial charge on any atom is 0.306 e. The van der Waals surface area contributed by atoms with Crippen LogP contribution >= 0.6 is 0 Å². The summed E-state index contributed by atoms with van der Waals surface area (Å²) >= 11 is 0. The summed E-state index contributed by atoms with van der Waals surface area (Å²) in [6.45, 7) is 0.450. The number of hydrogen-bond donors (Lipinski definition) is 0. The molecule has 1 fully saturated rings. The van der Waals surface area contributed by atoms with Crippen molar-refractivity contribution in [3.63, 3.8) is 0 Å². The van der Waals surface area contributed by atoms with E-state index in [9.17, 15) is 14.7 Å². The molecule has 0 heterocycles. The number of ether oxygens (including phenoxy) is 1. The molecule has 1 saturated carbocycles. The minimum atomic E-state index is -1.20. The molecule has 0 aromatic heterocycles. The van der Waals surface area contributed by atoms with Gasteiger partial charge in [0.2, 0.25) is 0 Å². The lowest BCUT2D eigenvalue weighted by Crippen LogP contribution is -2.24. The zero-order valence-electron chi connectivity index (χ0n) is 8.87. The molecule has 0 bridgehead atoms. The molecule has 0 unspecified atom stereocenters. The largest absolute Gasteiger partial charge is 0.550 e. The highest BCUT2D eigenvalue weighted by Crippen LogP contribution is 2.23. The Morgan fingerprint density at radius 1 is 1.13 bits per heavy atom. The molecule has 1 aliphatic carbocycles. The third-order valence-electron chi connectivity index (χ3n) is 2.74. The van der Waals surface area contributed by atoms with Crippen molar-refractivity contribution in [2.75, 3.05) is 6.61 Å². The fourth-order valence-electron chi connectivity index (χ4n) is 1.84. The first-order chi connectivity index (χ1) is 7.18. The minimum Gasteiger partial charge on any atom is -0.550 e. The lowest BCUT2D eigenvalue weighted by atomic mass is 9.90. The molecule has 4 nitrogen and oxygen atoms in total. The summed E-state index contributed by atoms with van der Waals surface area (Å²) in [6, 6.07) is 0. The van der Waals surface area contributed by atoms with Gasteiger partial charge in [-0.3, -0.25) is 4.79 Å². The van der Waals surface area contributed by atoms with Crippen LogP contribution in [0, 0.1) is 5.92 Å². The van der Waals surface area contributed by atoms with Crippen LogP contribution in [0.3, 0.4) is 0 Å². The van der Waals surface area contributed by atoms with Crippen molar-refractivity contribution in [1.29, 1.82) is 0 Å². The van der Waals surface area contributed by atoms with Gasteiger partial charge in [0.1, 0.15) is 0 Å². The van der Waals surface area contributed by atoms with Crippen molar-refractivity contribution in [3.05, 3.63) is 0 Å². The molecule has 0 aliphatic heterocycles. The van der Waals surface area contributed by atoms with Gasteiger partial charge in [-0.25, -0.2) is 0 Å². The van der Waals surface area contributed by atoms with Crippen LogP contribution < -0.4 is 5.11 Å². The highest BCUT2D eigenvalue weighted by molar-refractivity contribution is 5.75. The Morgan fingerprint density at radius 3 is 2.40 bits per heavy atom. The average molecular weight is 213 g/mol. The third kappa shape index (κ3) is 5.40. The Bertz CT molecular complexity index is 219. The fraction of sp³-hybridized carbons (Fsp3) is 0.818. The van der Waals surface area contributed by atoms with Gasteiger partial charge in [-0.2, -0.15) is 0 Å². The van der Waals surface area contributed by atoms with Gasteiger partial charge < -0.3 is 14.6 Å². The van der Waals surface area contributed by atoms with E-state index in [0.29, 0.717) is 12.5 Å². The molecule has 0 atom stereocenters. The number of aliphatic carboxylic acids is 1. The summed E-state index contributed by atoms with van der Waals surface area (Å²) in [5.74, 6) is -1.15. The summed E-state index contributed by atoms with van der Waals surface area (Å²) < 4.78 is 5.00. The molecule has 0 N–H and O–H groups in total. The van der Waals surface area contributed by atoms with E-state index >= 15 is 0 Å². The minimum absolute atomic E-state index is 0.0744. The number of carbonyl (C=O) groups is 2. The number of esters is 1. The summed E-state index contributed by atoms with van der Waals surface area (Å²) in [7, 11) is 0. The van der Waals surface area contributed by atoms with Crippen LogP contribution in [0.4, 0.5) is 0 Å².